The van der Waals surface area contributed by atoms with Crippen molar-refractivity contribution in [2.24, 2.45) is 59.0 Å². The predicted octanol–water partition coefficient (Wildman–Crippen LogP) is 9.92. The van der Waals surface area contributed by atoms with Gasteiger partial charge in [-0.15, -0.1) is 6.58 Å². The molecule has 7 fully saturated rings. The van der Waals surface area contributed by atoms with Gasteiger partial charge < -0.3 is 51.5 Å². The molecule has 12 atom stereocenters. The second-order valence-electron chi connectivity index (χ2n) is 28.4. The zero-order valence-electron chi connectivity index (χ0n) is 50.6. The molecule has 81 heavy (non-hydrogen) atoms. The summed E-state index contributed by atoms with van der Waals surface area (Å²) in [6.45, 7) is 24.2. The fourth-order valence-electron chi connectivity index (χ4n) is 15.8. The largest absolute Gasteiger partial charge is 0.480 e. The Labute approximate surface area is 484 Å². The highest BCUT2D eigenvalue weighted by Gasteiger charge is 2.61. The zero-order valence-corrected chi connectivity index (χ0v) is 50.6. The van der Waals surface area contributed by atoms with E-state index in [4.69, 9.17) is 25.1 Å². The van der Waals surface area contributed by atoms with E-state index in [1.165, 1.54) is 19.3 Å². The van der Waals surface area contributed by atoms with Gasteiger partial charge in [0.15, 0.2) is 0 Å². The Morgan fingerprint density at radius 2 is 1.05 bits per heavy atom. The number of hydrogen-bond acceptors (Lipinski definition) is 10. The second kappa shape index (κ2) is 25.8. The Bertz CT molecular complexity index is 2490. The van der Waals surface area contributed by atoms with Crippen LogP contribution in [0.25, 0.3) is 0 Å². The minimum Gasteiger partial charge on any atom is -0.480 e. The number of carbonyl (C=O) groups excluding carboxylic acids is 4. The van der Waals surface area contributed by atoms with Gasteiger partial charge in [-0.2, -0.15) is 0 Å². The lowest BCUT2D eigenvalue weighted by molar-refractivity contribution is -0.145. The van der Waals surface area contributed by atoms with Crippen LogP contribution in [0.5, 0.6) is 0 Å². The van der Waals surface area contributed by atoms with Crippen molar-refractivity contribution < 1.29 is 48.4 Å². The number of carbonyl (C=O) groups is 5. The van der Waals surface area contributed by atoms with Crippen molar-refractivity contribution in [2.75, 3.05) is 0 Å². The molecule has 0 spiro atoms. The fourth-order valence-corrected chi connectivity index (χ4v) is 15.8. The Balaban J connectivity index is 0.000000185. The van der Waals surface area contributed by atoms with Gasteiger partial charge in [0.25, 0.3) is 11.8 Å². The maximum atomic E-state index is 14.0. The highest BCUT2D eigenvalue weighted by molar-refractivity contribution is 6.45. The minimum absolute atomic E-state index is 0.0127. The van der Waals surface area contributed by atoms with Gasteiger partial charge in [0.1, 0.15) is 16.6 Å². The van der Waals surface area contributed by atoms with Gasteiger partial charge in [-0.3, -0.25) is 24.0 Å². The number of carboxylic acids is 1. The van der Waals surface area contributed by atoms with E-state index < -0.39 is 29.7 Å². The Morgan fingerprint density at radius 3 is 1.47 bits per heavy atom. The van der Waals surface area contributed by atoms with Gasteiger partial charge in [-0.05, 0) is 217 Å². The quantitative estimate of drug-likeness (QED) is 0.0548. The van der Waals surface area contributed by atoms with Crippen LogP contribution in [0.4, 0.5) is 0 Å². The number of benzene rings is 2. The van der Waals surface area contributed by atoms with Crippen LogP contribution in [0.3, 0.4) is 0 Å². The lowest BCUT2D eigenvalue weighted by Crippen LogP contribution is -2.64. The molecule has 2 aromatic rings. The Morgan fingerprint density at radius 1 is 0.642 bits per heavy atom. The molecular formula is C64H99B2N5O10. The molecule has 15 nitrogen and oxygen atoms in total. The molecule has 17 heteroatoms. The smallest absolute Gasteiger partial charge is 0.457 e. The number of amides is 4. The molecule has 9 rings (SSSR count). The second-order valence-corrected chi connectivity index (χ2v) is 28.4. The summed E-state index contributed by atoms with van der Waals surface area (Å²) >= 11 is 0. The highest BCUT2D eigenvalue weighted by atomic mass is 16.7. The van der Waals surface area contributed by atoms with Gasteiger partial charge in [0, 0.05) is 22.2 Å². The molecule has 1 aliphatic heterocycles. The average molecular weight is 1120 g/mol. The SMILES string of the molecule is C=CCC1C2CCCC2CC1(NC(=O)c1ccccc1)C(=O)NC(C)(C)C.CC(C)(C)NC(=O)C1(NC(=O)c2ccccc2)CC2CCCC2C1CCCB1OC(C)(C)C(C)(C)O1.NC1(C(=O)O)CC2CCCC2C1CCCB(O)O. The first kappa shape index (κ1) is 64.0. The van der Waals surface area contributed by atoms with Gasteiger partial charge in [0.2, 0.25) is 11.8 Å². The number of nitrogens with one attached hydrogen (secondary N) is 4. The molecule has 0 aromatic heterocycles. The standard InChI is InChI=1S/C29H45BN2O4.C23H32N2O2.C12H22BNO4/c1-26(2,3)32-25(34)29(31-24(33)20-13-9-8-10-14-20)19-21-15-11-16-22(21)23(29)17-12-18-30-35-27(4,5)28(6,7)36-30;1-5-10-19-18-14-9-13-17(18)15-23(19,21(27)25-22(2,3)4)24-20(26)16-11-7-6-8-12-16;14-12(11(15)16)7-8-3-1-4-9(8)10(12)5-2-6-13(17)18/h8-10,13-14,21-23H,11-12,15-19H2,1-7H3,(H,31,33)(H,32,34);5-8,11-12,17-19H,1,9-10,13-15H2,2-4H3,(H,24,26)(H,25,27);8-10,17-18H,1-7,14H2,(H,15,16). The number of fused-ring (bicyclic) bond motifs is 3. The van der Waals surface area contributed by atoms with Crippen LogP contribution in [0.15, 0.2) is 73.3 Å². The Hall–Kier alpha value is -4.54. The maximum Gasteiger partial charge on any atom is 0.457 e. The number of aliphatic carboxylic acids is 1. The number of allylic oxidation sites excluding steroid dienone is 1. The molecule has 0 bridgehead atoms. The predicted molar refractivity (Wildman–Crippen MR) is 320 cm³/mol. The number of hydrogen-bond donors (Lipinski definition) is 8. The molecule has 7 aliphatic rings. The number of carboxylic acid groups (broad SMARTS) is 1. The summed E-state index contributed by atoms with van der Waals surface area (Å²) in [4.78, 5) is 65.4. The monoisotopic (exact) mass is 1120 g/mol. The summed E-state index contributed by atoms with van der Waals surface area (Å²) in [6.07, 6.45) is 19.1. The summed E-state index contributed by atoms with van der Waals surface area (Å²) in [7, 11) is -1.55. The van der Waals surface area contributed by atoms with Crippen LogP contribution < -0.4 is 27.0 Å². The summed E-state index contributed by atoms with van der Waals surface area (Å²) in [5, 5.41) is 40.0. The van der Waals surface area contributed by atoms with Crippen molar-refractivity contribution >= 4 is 43.8 Å². The van der Waals surface area contributed by atoms with Crippen molar-refractivity contribution in [3.8, 4) is 0 Å². The highest BCUT2D eigenvalue weighted by Crippen LogP contribution is 2.57. The topological polar surface area (TPSA) is 239 Å². The van der Waals surface area contributed by atoms with Crippen molar-refractivity contribution in [1.29, 1.82) is 0 Å². The molecule has 9 N–H and O–H groups in total. The van der Waals surface area contributed by atoms with Crippen molar-refractivity contribution in [3.05, 3.63) is 84.4 Å². The molecule has 1 heterocycles. The third-order valence-electron chi connectivity index (χ3n) is 20.0. The number of rotatable bonds is 17. The Kier molecular flexibility index (Phi) is 20.4. The van der Waals surface area contributed by atoms with Crippen LogP contribution >= 0.6 is 0 Å². The lowest BCUT2D eigenvalue weighted by atomic mass is 9.74. The molecule has 12 unspecified atom stereocenters. The van der Waals surface area contributed by atoms with Gasteiger partial charge in [-0.25, -0.2) is 0 Å². The van der Waals surface area contributed by atoms with Gasteiger partial charge in [0.05, 0.1) is 11.2 Å². The average Bonchev–Trinajstić information content (AvgIpc) is 3.71. The molecule has 0 radical (unpaired) electrons. The molecule has 6 aliphatic carbocycles. The van der Waals surface area contributed by atoms with Crippen molar-refractivity contribution in [1.82, 2.24) is 21.3 Å². The first-order valence-electron chi connectivity index (χ1n) is 30.7. The van der Waals surface area contributed by atoms with E-state index in [0.717, 1.165) is 70.5 Å². The minimum atomic E-state index is -1.30. The third kappa shape index (κ3) is 14.7. The van der Waals surface area contributed by atoms with E-state index in [0.29, 0.717) is 78.6 Å². The first-order valence-corrected chi connectivity index (χ1v) is 30.7. The van der Waals surface area contributed by atoms with E-state index in [-0.39, 0.29) is 70.8 Å². The first-order chi connectivity index (χ1) is 38.0. The van der Waals surface area contributed by atoms with Crippen LogP contribution in [0.1, 0.15) is 199 Å². The molecule has 4 amide bonds. The molecule has 1 saturated heterocycles. The molecule has 2 aromatic carbocycles. The third-order valence-corrected chi connectivity index (χ3v) is 20.0. The van der Waals surface area contributed by atoms with Crippen LogP contribution in [-0.2, 0) is 23.7 Å². The van der Waals surface area contributed by atoms with Gasteiger partial charge in [-0.1, -0.05) is 93.8 Å². The van der Waals surface area contributed by atoms with E-state index in [9.17, 15) is 29.1 Å². The van der Waals surface area contributed by atoms with Crippen LogP contribution in [-0.4, -0.2) is 97.9 Å². The van der Waals surface area contributed by atoms with Crippen LogP contribution in [0, 0.1) is 53.3 Å². The summed E-state index contributed by atoms with van der Waals surface area (Å²) in [5.74, 6) is 1.59. The summed E-state index contributed by atoms with van der Waals surface area (Å²) < 4.78 is 12.5. The number of nitrogens with two attached hydrogens (primary N) is 1. The van der Waals surface area contributed by atoms with E-state index in [2.05, 4.69) is 55.5 Å². The molecular weight excluding hydrogens is 1020 g/mol. The normalized spacial score (nSPS) is 32.2. The summed E-state index contributed by atoms with van der Waals surface area (Å²) in [6, 6.07) is 18.4. The van der Waals surface area contributed by atoms with Crippen molar-refractivity contribution in [2.45, 2.75) is 230 Å². The van der Waals surface area contributed by atoms with Crippen LogP contribution in [0.2, 0.25) is 12.6 Å². The van der Waals surface area contributed by atoms with E-state index in [1.54, 1.807) is 12.1 Å². The lowest BCUT2D eigenvalue weighted by Gasteiger charge is -2.39. The van der Waals surface area contributed by atoms with Gasteiger partial charge >= 0.3 is 20.2 Å². The summed E-state index contributed by atoms with van der Waals surface area (Å²) in [5.41, 5.74) is 3.01. The molecule has 6 saturated carbocycles. The van der Waals surface area contributed by atoms with E-state index in [1.807, 2.05) is 96.1 Å². The van der Waals surface area contributed by atoms with E-state index >= 15 is 0 Å². The molecule has 446 valence electrons. The van der Waals surface area contributed by atoms with Crippen molar-refractivity contribution in [3.63, 3.8) is 0 Å². The maximum absolute atomic E-state index is 14.0. The zero-order chi connectivity index (χ0) is 59.3. The fraction of sp³-hybridized carbons (Fsp3) is 0.703.